The van der Waals surface area contributed by atoms with E-state index in [1.54, 1.807) is 0 Å². The molecule has 0 saturated carbocycles. The second kappa shape index (κ2) is 4.12. The van der Waals surface area contributed by atoms with Crippen LogP contribution in [0.25, 0.3) is 0 Å². The lowest BCUT2D eigenvalue weighted by atomic mass is 9.86. The Bertz CT molecular complexity index is 250. The number of likely N-dealkylation sites (tertiary alicyclic amines) is 1. The molecule has 0 aliphatic carbocycles. The summed E-state index contributed by atoms with van der Waals surface area (Å²) in [7, 11) is 0. The molecule has 0 aromatic rings. The highest BCUT2D eigenvalue weighted by molar-refractivity contribution is 5.74. The molecule has 3 heteroatoms. The molecule has 1 saturated heterocycles. The number of hydrogen-bond donors (Lipinski definition) is 1. The second-order valence-electron chi connectivity index (χ2n) is 5.56. The van der Waals surface area contributed by atoms with Crippen LogP contribution in [0.1, 0.15) is 47.0 Å². The molecule has 3 nitrogen and oxygen atoms in total. The molecule has 1 aliphatic rings. The zero-order valence-corrected chi connectivity index (χ0v) is 10.3. The van der Waals surface area contributed by atoms with Crippen molar-refractivity contribution in [3.8, 4) is 0 Å². The Kier molecular flexibility index (Phi) is 3.44. The van der Waals surface area contributed by atoms with Gasteiger partial charge in [0.05, 0.1) is 5.41 Å². The minimum atomic E-state index is -0.673. The maximum atomic E-state index is 11.2. The Morgan fingerprint density at radius 1 is 1.53 bits per heavy atom. The van der Waals surface area contributed by atoms with Crippen molar-refractivity contribution in [2.24, 2.45) is 5.41 Å². The first-order chi connectivity index (χ1) is 6.82. The molecule has 1 N–H and O–H groups in total. The molecule has 0 spiro atoms. The summed E-state index contributed by atoms with van der Waals surface area (Å²) in [6, 6.07) is 0. The van der Waals surface area contributed by atoms with E-state index in [4.69, 9.17) is 0 Å². The number of carbonyl (C=O) groups is 1. The highest BCUT2D eigenvalue weighted by Crippen LogP contribution is 2.33. The van der Waals surface area contributed by atoms with Gasteiger partial charge in [0, 0.05) is 12.1 Å². The minimum absolute atomic E-state index is 0.172. The highest BCUT2D eigenvalue weighted by Gasteiger charge is 2.40. The van der Waals surface area contributed by atoms with E-state index in [1.165, 1.54) is 12.8 Å². The fourth-order valence-corrected chi connectivity index (χ4v) is 2.21. The third-order valence-corrected chi connectivity index (χ3v) is 3.91. The average molecular weight is 213 g/mol. The predicted molar refractivity (Wildman–Crippen MR) is 60.9 cm³/mol. The Labute approximate surface area is 92.5 Å². The quantitative estimate of drug-likeness (QED) is 0.779. The van der Waals surface area contributed by atoms with Crippen molar-refractivity contribution in [2.75, 3.05) is 13.1 Å². The van der Waals surface area contributed by atoms with Gasteiger partial charge in [0.1, 0.15) is 0 Å². The van der Waals surface area contributed by atoms with Gasteiger partial charge in [0.2, 0.25) is 0 Å². The Balaban J connectivity index is 2.71. The predicted octanol–water partition coefficient (Wildman–Crippen LogP) is 2.36. The van der Waals surface area contributed by atoms with Crippen LogP contribution >= 0.6 is 0 Å². The molecule has 1 fully saturated rings. The third kappa shape index (κ3) is 2.51. The summed E-state index contributed by atoms with van der Waals surface area (Å²) in [5.74, 6) is -0.673. The normalized spacial score (nSPS) is 25.1. The van der Waals surface area contributed by atoms with E-state index in [-0.39, 0.29) is 5.54 Å². The van der Waals surface area contributed by atoms with Gasteiger partial charge >= 0.3 is 5.97 Å². The molecule has 1 aliphatic heterocycles. The molecule has 1 atom stereocenters. The molecule has 0 bridgehead atoms. The fourth-order valence-electron chi connectivity index (χ4n) is 2.21. The van der Waals surface area contributed by atoms with E-state index >= 15 is 0 Å². The van der Waals surface area contributed by atoms with Crippen LogP contribution in [0.3, 0.4) is 0 Å². The summed E-state index contributed by atoms with van der Waals surface area (Å²) < 4.78 is 0. The Morgan fingerprint density at radius 2 is 2.13 bits per heavy atom. The summed E-state index contributed by atoms with van der Waals surface area (Å²) in [5, 5.41) is 9.24. The van der Waals surface area contributed by atoms with Crippen molar-refractivity contribution >= 4 is 5.97 Å². The Morgan fingerprint density at radius 3 is 2.47 bits per heavy atom. The van der Waals surface area contributed by atoms with Gasteiger partial charge in [-0.1, -0.05) is 6.92 Å². The lowest BCUT2D eigenvalue weighted by molar-refractivity contribution is -0.149. The van der Waals surface area contributed by atoms with Crippen LogP contribution < -0.4 is 0 Å². The van der Waals surface area contributed by atoms with Crippen LogP contribution in [0.2, 0.25) is 0 Å². The van der Waals surface area contributed by atoms with Gasteiger partial charge in [-0.05, 0) is 46.6 Å². The standard InChI is InChI=1S/C12H23NO2/c1-5-12(4,10(14)15)9-13-8-6-7-11(13,2)3/h5-9H2,1-4H3,(H,14,15). The largest absolute Gasteiger partial charge is 0.481 e. The number of rotatable bonds is 4. The summed E-state index contributed by atoms with van der Waals surface area (Å²) in [6.07, 6.45) is 3.05. The van der Waals surface area contributed by atoms with Crippen molar-refractivity contribution in [2.45, 2.75) is 52.5 Å². The zero-order valence-electron chi connectivity index (χ0n) is 10.3. The number of aliphatic carboxylic acids is 1. The lowest BCUT2D eigenvalue weighted by Crippen LogP contribution is -2.47. The van der Waals surface area contributed by atoms with Crippen LogP contribution in [0.15, 0.2) is 0 Å². The smallest absolute Gasteiger partial charge is 0.310 e. The first kappa shape index (κ1) is 12.5. The van der Waals surface area contributed by atoms with Crippen molar-refractivity contribution < 1.29 is 9.90 Å². The summed E-state index contributed by atoms with van der Waals surface area (Å²) in [5.41, 5.74) is -0.423. The van der Waals surface area contributed by atoms with Crippen molar-refractivity contribution in [3.05, 3.63) is 0 Å². The molecule has 1 rings (SSSR count). The molecule has 1 unspecified atom stereocenters. The van der Waals surface area contributed by atoms with Crippen molar-refractivity contribution in [1.82, 2.24) is 4.90 Å². The van der Waals surface area contributed by atoms with Gasteiger partial charge in [0.25, 0.3) is 0 Å². The first-order valence-electron chi connectivity index (χ1n) is 5.80. The Hall–Kier alpha value is -0.570. The van der Waals surface area contributed by atoms with Crippen molar-refractivity contribution in [3.63, 3.8) is 0 Å². The summed E-state index contributed by atoms with van der Waals surface area (Å²) in [4.78, 5) is 13.5. The maximum absolute atomic E-state index is 11.2. The van der Waals surface area contributed by atoms with Crippen LogP contribution in [-0.4, -0.2) is 34.6 Å². The van der Waals surface area contributed by atoms with Gasteiger partial charge in [0.15, 0.2) is 0 Å². The number of carboxylic acid groups (broad SMARTS) is 1. The van der Waals surface area contributed by atoms with Gasteiger partial charge in [-0.25, -0.2) is 0 Å². The van der Waals surface area contributed by atoms with E-state index in [0.29, 0.717) is 13.0 Å². The number of nitrogens with zero attached hydrogens (tertiary/aromatic N) is 1. The van der Waals surface area contributed by atoms with Crippen molar-refractivity contribution in [1.29, 1.82) is 0 Å². The minimum Gasteiger partial charge on any atom is -0.481 e. The van der Waals surface area contributed by atoms with E-state index in [0.717, 1.165) is 6.54 Å². The van der Waals surface area contributed by atoms with Gasteiger partial charge in [-0.2, -0.15) is 0 Å². The number of carboxylic acids is 1. The average Bonchev–Trinajstić information content (AvgIpc) is 2.45. The summed E-state index contributed by atoms with van der Waals surface area (Å²) >= 11 is 0. The maximum Gasteiger partial charge on any atom is 0.310 e. The lowest BCUT2D eigenvalue weighted by Gasteiger charge is -2.37. The molecule has 0 aromatic carbocycles. The number of hydrogen-bond acceptors (Lipinski definition) is 2. The van der Waals surface area contributed by atoms with E-state index in [2.05, 4.69) is 18.7 Å². The molecule has 0 aromatic heterocycles. The van der Waals surface area contributed by atoms with Crippen LogP contribution in [0.4, 0.5) is 0 Å². The fraction of sp³-hybridized carbons (Fsp3) is 0.917. The molecule has 88 valence electrons. The molecule has 0 radical (unpaired) electrons. The van der Waals surface area contributed by atoms with E-state index in [9.17, 15) is 9.90 Å². The van der Waals surface area contributed by atoms with Crippen LogP contribution in [0.5, 0.6) is 0 Å². The van der Waals surface area contributed by atoms with E-state index < -0.39 is 11.4 Å². The summed E-state index contributed by atoms with van der Waals surface area (Å²) in [6.45, 7) is 9.93. The molecular weight excluding hydrogens is 190 g/mol. The second-order valence-corrected chi connectivity index (χ2v) is 5.56. The molecular formula is C12H23NO2. The monoisotopic (exact) mass is 213 g/mol. The molecule has 1 heterocycles. The van der Waals surface area contributed by atoms with Crippen LogP contribution in [0, 0.1) is 5.41 Å². The first-order valence-corrected chi connectivity index (χ1v) is 5.80. The SMILES string of the molecule is CCC(C)(CN1CCCC1(C)C)C(=O)O. The third-order valence-electron chi connectivity index (χ3n) is 3.91. The van der Waals surface area contributed by atoms with Gasteiger partial charge < -0.3 is 5.11 Å². The van der Waals surface area contributed by atoms with Gasteiger partial charge in [-0.15, -0.1) is 0 Å². The zero-order chi connectivity index (χ0) is 11.7. The van der Waals surface area contributed by atoms with E-state index in [1.807, 2.05) is 13.8 Å². The van der Waals surface area contributed by atoms with Crippen LogP contribution in [-0.2, 0) is 4.79 Å². The molecule has 0 amide bonds. The topological polar surface area (TPSA) is 40.5 Å². The highest BCUT2D eigenvalue weighted by atomic mass is 16.4. The van der Waals surface area contributed by atoms with Gasteiger partial charge in [-0.3, -0.25) is 9.69 Å². The molecule has 15 heavy (non-hydrogen) atoms.